The van der Waals surface area contributed by atoms with Gasteiger partial charge in [-0.2, -0.15) is 0 Å². The van der Waals surface area contributed by atoms with Crippen molar-refractivity contribution in [2.75, 3.05) is 33.9 Å². The first-order chi connectivity index (χ1) is 5.22. The molecular formula is C7H16N2OS. The van der Waals surface area contributed by atoms with E-state index in [0.717, 1.165) is 18.2 Å². The summed E-state index contributed by atoms with van der Waals surface area (Å²) in [5.74, 6) is 0. The van der Waals surface area contributed by atoms with Crippen LogP contribution in [0.25, 0.3) is 0 Å². The molecule has 4 heteroatoms. The molecule has 0 aromatic carbocycles. The van der Waals surface area contributed by atoms with E-state index in [4.69, 9.17) is 17.0 Å². The Hall–Kier alpha value is -0.350. The minimum absolute atomic E-state index is 0.692. The van der Waals surface area contributed by atoms with Crippen molar-refractivity contribution in [3.8, 4) is 0 Å². The molecule has 0 aromatic rings. The first kappa shape index (κ1) is 10.7. The van der Waals surface area contributed by atoms with Gasteiger partial charge in [0, 0.05) is 27.2 Å². The number of hydrogen-bond donors (Lipinski definition) is 1. The van der Waals surface area contributed by atoms with Crippen molar-refractivity contribution in [2.45, 2.75) is 6.92 Å². The maximum Gasteiger partial charge on any atom is 0.168 e. The third-order valence-electron chi connectivity index (χ3n) is 1.40. The molecule has 3 nitrogen and oxygen atoms in total. The van der Waals surface area contributed by atoms with E-state index >= 15 is 0 Å². The molecule has 0 aliphatic heterocycles. The van der Waals surface area contributed by atoms with E-state index in [1.807, 2.05) is 11.9 Å². The standard InChI is InChI=1S/C7H16N2OS/c1-4-9(2)7(11)8-5-6-10-3/h4-6H2,1-3H3,(H,8,11). The summed E-state index contributed by atoms with van der Waals surface area (Å²) in [5.41, 5.74) is 0. The highest BCUT2D eigenvalue weighted by molar-refractivity contribution is 7.80. The van der Waals surface area contributed by atoms with Crippen LogP contribution < -0.4 is 5.32 Å². The maximum absolute atomic E-state index is 5.05. The lowest BCUT2D eigenvalue weighted by Gasteiger charge is -2.18. The molecule has 0 saturated heterocycles. The molecule has 11 heavy (non-hydrogen) atoms. The van der Waals surface area contributed by atoms with Gasteiger partial charge in [0.1, 0.15) is 0 Å². The lowest BCUT2D eigenvalue weighted by Crippen LogP contribution is -2.38. The smallest absolute Gasteiger partial charge is 0.168 e. The predicted octanol–water partition coefficient (Wildman–Crippen LogP) is 0.459. The van der Waals surface area contributed by atoms with Crippen LogP contribution in [-0.4, -0.2) is 43.9 Å². The molecule has 0 bridgehead atoms. The molecule has 0 aliphatic carbocycles. The summed E-state index contributed by atoms with van der Waals surface area (Å²) in [5, 5.41) is 3.85. The summed E-state index contributed by atoms with van der Waals surface area (Å²) < 4.78 is 4.86. The second-order valence-corrected chi connectivity index (χ2v) is 2.63. The number of rotatable bonds is 4. The third kappa shape index (κ3) is 4.98. The molecule has 0 spiro atoms. The van der Waals surface area contributed by atoms with Gasteiger partial charge < -0.3 is 15.0 Å². The van der Waals surface area contributed by atoms with Crippen LogP contribution in [0.4, 0.5) is 0 Å². The molecule has 0 aromatic heterocycles. The van der Waals surface area contributed by atoms with Crippen LogP contribution in [0, 0.1) is 0 Å². The molecule has 66 valence electrons. The summed E-state index contributed by atoms with van der Waals surface area (Å²) >= 11 is 5.05. The van der Waals surface area contributed by atoms with Crippen molar-refractivity contribution in [2.24, 2.45) is 0 Å². The fourth-order valence-corrected chi connectivity index (χ4v) is 0.770. The Balaban J connectivity index is 3.36. The van der Waals surface area contributed by atoms with Crippen LogP contribution in [0.3, 0.4) is 0 Å². The van der Waals surface area contributed by atoms with Crippen molar-refractivity contribution < 1.29 is 4.74 Å². The zero-order valence-corrected chi connectivity index (χ0v) is 8.20. The van der Waals surface area contributed by atoms with Crippen molar-refractivity contribution in [1.82, 2.24) is 10.2 Å². The van der Waals surface area contributed by atoms with Gasteiger partial charge in [-0.1, -0.05) is 0 Å². The minimum Gasteiger partial charge on any atom is -0.383 e. The van der Waals surface area contributed by atoms with Gasteiger partial charge in [0.15, 0.2) is 5.11 Å². The third-order valence-corrected chi connectivity index (χ3v) is 1.86. The molecule has 0 aliphatic rings. The molecule has 1 N–H and O–H groups in total. The Kier molecular flexibility index (Phi) is 6.16. The van der Waals surface area contributed by atoms with Crippen molar-refractivity contribution in [1.29, 1.82) is 0 Å². The lowest BCUT2D eigenvalue weighted by atomic mass is 10.6. The van der Waals surface area contributed by atoms with Crippen LogP contribution in [0.15, 0.2) is 0 Å². The number of hydrogen-bond acceptors (Lipinski definition) is 2. The summed E-state index contributed by atoms with van der Waals surface area (Å²) in [6.07, 6.45) is 0. The van der Waals surface area contributed by atoms with E-state index in [1.165, 1.54) is 0 Å². The molecule has 0 heterocycles. The van der Waals surface area contributed by atoms with Gasteiger partial charge in [-0.15, -0.1) is 0 Å². The number of ether oxygens (including phenoxy) is 1. The monoisotopic (exact) mass is 176 g/mol. The van der Waals surface area contributed by atoms with E-state index in [-0.39, 0.29) is 0 Å². The second-order valence-electron chi connectivity index (χ2n) is 2.24. The molecule has 0 unspecified atom stereocenters. The molecular weight excluding hydrogens is 160 g/mol. The Labute approximate surface area is 73.7 Å². The summed E-state index contributed by atoms with van der Waals surface area (Å²) in [7, 11) is 3.64. The highest BCUT2D eigenvalue weighted by Crippen LogP contribution is 1.82. The van der Waals surface area contributed by atoms with Gasteiger partial charge in [0.25, 0.3) is 0 Å². The van der Waals surface area contributed by atoms with Crippen LogP contribution in [0.1, 0.15) is 6.92 Å². The first-order valence-electron chi connectivity index (χ1n) is 3.70. The van der Waals surface area contributed by atoms with Gasteiger partial charge in [0.2, 0.25) is 0 Å². The van der Waals surface area contributed by atoms with E-state index in [0.29, 0.717) is 6.61 Å². The topological polar surface area (TPSA) is 24.5 Å². The summed E-state index contributed by atoms with van der Waals surface area (Å²) in [6.45, 7) is 4.46. The van der Waals surface area contributed by atoms with E-state index in [1.54, 1.807) is 7.11 Å². The van der Waals surface area contributed by atoms with E-state index in [2.05, 4.69) is 12.2 Å². The van der Waals surface area contributed by atoms with Crippen LogP contribution >= 0.6 is 12.2 Å². The van der Waals surface area contributed by atoms with Crippen LogP contribution in [0.5, 0.6) is 0 Å². The van der Waals surface area contributed by atoms with Crippen molar-refractivity contribution in [3.63, 3.8) is 0 Å². The Morgan fingerprint density at radius 1 is 1.64 bits per heavy atom. The molecule has 0 fully saturated rings. The molecule has 0 radical (unpaired) electrons. The average molecular weight is 176 g/mol. The van der Waals surface area contributed by atoms with Crippen LogP contribution in [-0.2, 0) is 4.74 Å². The zero-order chi connectivity index (χ0) is 8.69. The lowest BCUT2D eigenvalue weighted by molar-refractivity contribution is 0.203. The Morgan fingerprint density at radius 3 is 2.73 bits per heavy atom. The molecule has 0 rings (SSSR count). The minimum atomic E-state index is 0.692. The molecule has 0 atom stereocenters. The van der Waals surface area contributed by atoms with Gasteiger partial charge in [-0.25, -0.2) is 0 Å². The predicted molar refractivity (Wildman–Crippen MR) is 50.8 cm³/mol. The van der Waals surface area contributed by atoms with Gasteiger partial charge in [0.05, 0.1) is 6.61 Å². The average Bonchev–Trinajstić information content (AvgIpc) is 2.03. The van der Waals surface area contributed by atoms with Gasteiger partial charge in [-0.3, -0.25) is 0 Å². The highest BCUT2D eigenvalue weighted by Gasteiger charge is 1.98. The largest absolute Gasteiger partial charge is 0.383 e. The summed E-state index contributed by atoms with van der Waals surface area (Å²) in [4.78, 5) is 1.98. The van der Waals surface area contributed by atoms with E-state index in [9.17, 15) is 0 Å². The normalized spacial score (nSPS) is 9.36. The number of nitrogens with zero attached hydrogens (tertiary/aromatic N) is 1. The van der Waals surface area contributed by atoms with Crippen molar-refractivity contribution >= 4 is 17.3 Å². The quantitative estimate of drug-likeness (QED) is 0.497. The van der Waals surface area contributed by atoms with Gasteiger partial charge >= 0.3 is 0 Å². The second kappa shape index (κ2) is 6.37. The Bertz CT molecular complexity index is 119. The zero-order valence-electron chi connectivity index (χ0n) is 7.39. The fourth-order valence-electron chi connectivity index (χ4n) is 0.539. The molecule has 0 amide bonds. The van der Waals surface area contributed by atoms with E-state index < -0.39 is 0 Å². The highest BCUT2D eigenvalue weighted by atomic mass is 32.1. The number of methoxy groups -OCH3 is 1. The fraction of sp³-hybridized carbons (Fsp3) is 0.857. The van der Waals surface area contributed by atoms with Crippen LogP contribution in [0.2, 0.25) is 0 Å². The summed E-state index contributed by atoms with van der Waals surface area (Å²) in [6, 6.07) is 0. The molecule has 0 saturated carbocycles. The van der Waals surface area contributed by atoms with Crippen molar-refractivity contribution in [3.05, 3.63) is 0 Å². The maximum atomic E-state index is 5.05. The SMILES string of the molecule is CCN(C)C(=S)NCCOC. The first-order valence-corrected chi connectivity index (χ1v) is 4.11. The number of thiocarbonyl (C=S) groups is 1. The number of nitrogens with one attached hydrogen (secondary N) is 1. The Morgan fingerprint density at radius 2 is 2.27 bits per heavy atom. The van der Waals surface area contributed by atoms with Gasteiger partial charge in [-0.05, 0) is 19.1 Å².